The van der Waals surface area contributed by atoms with Crippen molar-refractivity contribution < 1.29 is 4.43 Å². The number of nitrogen functional groups attached to an aromatic ring is 1. The van der Waals surface area contributed by atoms with Crippen LogP contribution in [0.15, 0.2) is 18.2 Å². The molecule has 1 unspecified atom stereocenters. The number of piperidine rings is 1. The zero-order valence-corrected chi connectivity index (χ0v) is 17.8. The number of anilines is 2. The van der Waals surface area contributed by atoms with Gasteiger partial charge in [0.05, 0.1) is 11.4 Å². The van der Waals surface area contributed by atoms with Gasteiger partial charge in [0, 0.05) is 24.2 Å². The van der Waals surface area contributed by atoms with Crippen molar-refractivity contribution in [2.75, 3.05) is 23.7 Å². The van der Waals surface area contributed by atoms with Crippen molar-refractivity contribution >= 4 is 31.3 Å². The van der Waals surface area contributed by atoms with Gasteiger partial charge in [-0.25, -0.2) is 0 Å². The fourth-order valence-corrected chi connectivity index (χ4v) is 4.82. The minimum atomic E-state index is -1.70. The van der Waals surface area contributed by atoms with E-state index in [0.29, 0.717) is 17.0 Å². The maximum Gasteiger partial charge on any atom is 0.192 e. The summed E-state index contributed by atoms with van der Waals surface area (Å²) in [6.45, 7) is 15.9. The van der Waals surface area contributed by atoms with Crippen molar-refractivity contribution in [3.05, 3.63) is 23.2 Å². The van der Waals surface area contributed by atoms with Gasteiger partial charge in [-0.3, -0.25) is 0 Å². The summed E-state index contributed by atoms with van der Waals surface area (Å²) >= 11 is 6.01. The third-order valence-electron chi connectivity index (χ3n) is 5.82. The molecule has 1 aliphatic rings. The standard InChI is InChI=1S/C19H33ClN2OSi/c1-14(23-24(5,6)19(2,3)4)15-9-11-22(12-10-15)18-8-7-16(20)13-17(18)21/h7-8,13-15H,9-12,21H2,1-6H3. The predicted molar refractivity (Wildman–Crippen MR) is 109 cm³/mol. The second-order valence-corrected chi connectivity index (χ2v) is 13.8. The van der Waals surface area contributed by atoms with Crippen LogP contribution in [0.4, 0.5) is 11.4 Å². The zero-order valence-electron chi connectivity index (χ0n) is 16.0. The highest BCUT2D eigenvalue weighted by molar-refractivity contribution is 6.74. The van der Waals surface area contributed by atoms with Gasteiger partial charge in [-0.05, 0) is 62.0 Å². The first-order valence-electron chi connectivity index (χ1n) is 8.99. The van der Waals surface area contributed by atoms with Crippen LogP contribution >= 0.6 is 11.6 Å². The van der Waals surface area contributed by atoms with E-state index in [1.54, 1.807) is 0 Å². The smallest absolute Gasteiger partial charge is 0.192 e. The first-order valence-corrected chi connectivity index (χ1v) is 12.3. The van der Waals surface area contributed by atoms with Gasteiger partial charge in [-0.1, -0.05) is 32.4 Å². The third-order valence-corrected chi connectivity index (χ3v) is 10.6. The molecule has 136 valence electrons. The van der Waals surface area contributed by atoms with Gasteiger partial charge < -0.3 is 15.1 Å². The minimum Gasteiger partial charge on any atom is -0.414 e. The number of benzene rings is 1. The lowest BCUT2D eigenvalue weighted by molar-refractivity contribution is 0.118. The molecule has 24 heavy (non-hydrogen) atoms. The van der Waals surface area contributed by atoms with E-state index in [9.17, 15) is 0 Å². The number of halogens is 1. The van der Waals surface area contributed by atoms with Crippen molar-refractivity contribution in [3.8, 4) is 0 Å². The molecular formula is C19H33ClN2OSi. The molecule has 0 saturated carbocycles. The molecule has 0 bridgehead atoms. The van der Waals surface area contributed by atoms with E-state index in [4.69, 9.17) is 21.8 Å². The molecule has 0 spiro atoms. The average Bonchev–Trinajstić information content (AvgIpc) is 2.46. The van der Waals surface area contributed by atoms with Crippen molar-refractivity contribution in [1.29, 1.82) is 0 Å². The fraction of sp³-hybridized carbons (Fsp3) is 0.684. The number of nitrogens with zero attached hydrogens (tertiary/aromatic N) is 1. The summed E-state index contributed by atoms with van der Waals surface area (Å²) in [6, 6.07) is 5.79. The van der Waals surface area contributed by atoms with Gasteiger partial charge in [0.15, 0.2) is 8.32 Å². The molecule has 1 aromatic carbocycles. The van der Waals surface area contributed by atoms with Gasteiger partial charge in [-0.2, -0.15) is 0 Å². The van der Waals surface area contributed by atoms with Crippen LogP contribution in [0.1, 0.15) is 40.5 Å². The van der Waals surface area contributed by atoms with E-state index in [1.165, 1.54) is 0 Å². The molecule has 1 atom stereocenters. The molecule has 0 aliphatic carbocycles. The Morgan fingerprint density at radius 3 is 2.33 bits per heavy atom. The predicted octanol–water partition coefficient (Wildman–Crippen LogP) is 5.55. The van der Waals surface area contributed by atoms with Gasteiger partial charge in [-0.15, -0.1) is 0 Å². The monoisotopic (exact) mass is 368 g/mol. The lowest BCUT2D eigenvalue weighted by atomic mass is 9.92. The van der Waals surface area contributed by atoms with Gasteiger partial charge in [0.25, 0.3) is 0 Å². The molecule has 1 heterocycles. The molecule has 1 fully saturated rings. The van der Waals surface area contributed by atoms with Crippen LogP contribution in [0.3, 0.4) is 0 Å². The molecule has 0 aromatic heterocycles. The van der Waals surface area contributed by atoms with E-state index in [2.05, 4.69) is 45.7 Å². The number of hydrogen-bond donors (Lipinski definition) is 1. The van der Waals surface area contributed by atoms with E-state index < -0.39 is 8.32 Å². The summed E-state index contributed by atoms with van der Waals surface area (Å²) in [5.74, 6) is 0.629. The van der Waals surface area contributed by atoms with Crippen LogP contribution in [-0.2, 0) is 4.43 Å². The second-order valence-electron chi connectivity index (χ2n) is 8.61. The average molecular weight is 369 g/mol. The van der Waals surface area contributed by atoms with Crippen LogP contribution in [0, 0.1) is 5.92 Å². The maximum absolute atomic E-state index is 6.60. The second kappa shape index (κ2) is 7.26. The van der Waals surface area contributed by atoms with Crippen LogP contribution in [-0.4, -0.2) is 27.5 Å². The molecule has 2 N–H and O–H groups in total. The SMILES string of the molecule is CC(O[Si](C)(C)C(C)(C)C)C1CCN(c2ccc(Cl)cc2N)CC1. The molecule has 0 radical (unpaired) electrons. The first kappa shape index (κ1) is 19.6. The Hall–Kier alpha value is -0.713. The minimum absolute atomic E-state index is 0.264. The zero-order chi connectivity index (χ0) is 18.1. The van der Waals surface area contributed by atoms with Crippen LogP contribution < -0.4 is 10.6 Å². The summed E-state index contributed by atoms with van der Waals surface area (Å²) in [6.07, 6.45) is 2.63. The Labute approximate surface area is 153 Å². The lowest BCUT2D eigenvalue weighted by Crippen LogP contribution is -2.46. The van der Waals surface area contributed by atoms with Gasteiger partial charge >= 0.3 is 0 Å². The number of rotatable bonds is 4. The Kier molecular flexibility index (Phi) is 5.93. The van der Waals surface area contributed by atoms with Crippen molar-refractivity contribution in [2.45, 2.75) is 64.8 Å². The topological polar surface area (TPSA) is 38.5 Å². The van der Waals surface area contributed by atoms with Crippen LogP contribution in [0.25, 0.3) is 0 Å². The Balaban J connectivity index is 1.95. The molecule has 1 aromatic rings. The highest BCUT2D eigenvalue weighted by Gasteiger charge is 2.40. The van der Waals surface area contributed by atoms with E-state index in [-0.39, 0.29) is 5.04 Å². The van der Waals surface area contributed by atoms with Crippen LogP contribution in [0.2, 0.25) is 23.2 Å². The lowest BCUT2D eigenvalue weighted by Gasteiger charge is -2.42. The summed E-state index contributed by atoms with van der Waals surface area (Å²) < 4.78 is 6.60. The van der Waals surface area contributed by atoms with Gasteiger partial charge in [0.1, 0.15) is 0 Å². The summed E-state index contributed by atoms with van der Waals surface area (Å²) in [7, 11) is -1.70. The molecule has 0 amide bonds. The molecular weight excluding hydrogens is 336 g/mol. The Morgan fingerprint density at radius 1 is 1.25 bits per heavy atom. The van der Waals surface area contributed by atoms with Crippen molar-refractivity contribution in [2.24, 2.45) is 5.92 Å². The number of hydrogen-bond acceptors (Lipinski definition) is 3. The largest absolute Gasteiger partial charge is 0.414 e. The van der Waals surface area contributed by atoms with Gasteiger partial charge in [0.2, 0.25) is 0 Å². The summed E-state index contributed by atoms with van der Waals surface area (Å²) in [5.41, 5.74) is 8.01. The quantitative estimate of drug-likeness (QED) is 0.559. The molecule has 2 rings (SSSR count). The van der Waals surface area contributed by atoms with Crippen molar-refractivity contribution in [1.82, 2.24) is 0 Å². The third kappa shape index (κ3) is 4.47. The number of nitrogens with two attached hydrogens (primary N) is 1. The van der Waals surface area contributed by atoms with E-state index in [1.807, 2.05) is 18.2 Å². The maximum atomic E-state index is 6.60. The Bertz CT molecular complexity index is 563. The molecule has 1 aliphatic heterocycles. The molecule has 3 nitrogen and oxygen atoms in total. The summed E-state index contributed by atoms with van der Waals surface area (Å²) in [5, 5.41) is 0.960. The highest BCUT2D eigenvalue weighted by atomic mass is 35.5. The Morgan fingerprint density at radius 2 is 1.83 bits per heavy atom. The molecule has 1 saturated heterocycles. The van der Waals surface area contributed by atoms with E-state index in [0.717, 1.165) is 37.3 Å². The van der Waals surface area contributed by atoms with E-state index >= 15 is 0 Å². The fourth-order valence-electron chi connectivity index (χ4n) is 3.16. The first-order chi connectivity index (χ1) is 11.0. The normalized spacial score (nSPS) is 18.7. The molecule has 5 heteroatoms. The summed E-state index contributed by atoms with van der Waals surface area (Å²) in [4.78, 5) is 2.38. The van der Waals surface area contributed by atoms with Crippen LogP contribution in [0.5, 0.6) is 0 Å². The van der Waals surface area contributed by atoms with Crippen molar-refractivity contribution in [3.63, 3.8) is 0 Å². The highest BCUT2D eigenvalue weighted by Crippen LogP contribution is 2.39.